The quantitative estimate of drug-likeness (QED) is 0.214. The van der Waals surface area contributed by atoms with Gasteiger partial charge in [-0.25, -0.2) is 13.3 Å². The minimum atomic E-state index is -3.76. The van der Waals surface area contributed by atoms with Crippen LogP contribution in [0.25, 0.3) is 0 Å². The predicted molar refractivity (Wildman–Crippen MR) is 166 cm³/mol. The van der Waals surface area contributed by atoms with Gasteiger partial charge in [0.05, 0.1) is 23.4 Å². The molecule has 8 nitrogen and oxygen atoms in total. The number of nitrogens with zero attached hydrogens (tertiary/aromatic N) is 1. The third-order valence-electron chi connectivity index (χ3n) is 6.78. The fourth-order valence-electron chi connectivity index (χ4n) is 4.39. The molecule has 2 amide bonds. The third kappa shape index (κ3) is 5.90. The Morgan fingerprint density at radius 1 is 0.786 bits per heavy atom. The van der Waals surface area contributed by atoms with Crippen LogP contribution in [0.2, 0.25) is 0 Å². The number of hydrogen-bond donors (Lipinski definition) is 2. The molecule has 4 aromatic rings. The average molecular weight is 600 g/mol. The second-order valence-electron chi connectivity index (χ2n) is 9.79. The fourth-order valence-corrected chi connectivity index (χ4v) is 6.40. The van der Waals surface area contributed by atoms with Gasteiger partial charge >= 0.3 is 0 Å². The molecule has 0 bridgehead atoms. The minimum absolute atomic E-state index is 0.126. The highest BCUT2D eigenvalue weighted by Gasteiger charge is 2.40. The maximum Gasteiger partial charge on any atom is 0.283 e. The summed E-state index contributed by atoms with van der Waals surface area (Å²) in [7, 11) is -2.22. The number of anilines is 3. The van der Waals surface area contributed by atoms with E-state index >= 15 is 0 Å². The lowest BCUT2D eigenvalue weighted by atomic mass is 10.1. The highest BCUT2D eigenvalue weighted by molar-refractivity contribution is 8.04. The number of imide groups is 1. The number of hydrogen-bond acceptors (Lipinski definition) is 7. The second kappa shape index (κ2) is 11.8. The number of nitrogens with one attached hydrogen (secondary N) is 2. The number of benzene rings is 4. The summed E-state index contributed by atoms with van der Waals surface area (Å²) in [5.41, 5.74) is 4.48. The molecule has 214 valence electrons. The molecule has 5 rings (SSSR count). The molecule has 2 N–H and O–H groups in total. The highest BCUT2D eigenvalue weighted by atomic mass is 32.2. The number of ether oxygens (including phenoxy) is 1. The molecule has 0 aliphatic carbocycles. The second-order valence-corrected chi connectivity index (χ2v) is 12.6. The Morgan fingerprint density at radius 3 is 2.17 bits per heavy atom. The molecule has 0 saturated carbocycles. The van der Waals surface area contributed by atoms with Crippen molar-refractivity contribution in [2.45, 2.75) is 30.6 Å². The van der Waals surface area contributed by atoms with Crippen LogP contribution in [0.5, 0.6) is 5.75 Å². The van der Waals surface area contributed by atoms with E-state index in [0.717, 1.165) is 28.5 Å². The summed E-state index contributed by atoms with van der Waals surface area (Å²) in [6.45, 7) is 5.81. The standard InChI is InChI=1S/C32H29N3O5S2/c1-20-10-17-28(40-4)27(18-20)33-29-30(32(37)35(31(29)36)24-14-11-21(2)22(3)19-24)41-25-15-12-23(13-16-25)34-42(38,39)26-8-6-5-7-9-26/h5-19,33-34H,1-4H3. The van der Waals surface area contributed by atoms with Crippen molar-refractivity contribution < 1.29 is 22.7 Å². The van der Waals surface area contributed by atoms with Gasteiger partial charge in [0, 0.05) is 10.6 Å². The zero-order valence-corrected chi connectivity index (χ0v) is 25.1. The van der Waals surface area contributed by atoms with E-state index in [1.54, 1.807) is 54.6 Å². The number of amides is 2. The largest absolute Gasteiger partial charge is 0.495 e. The Morgan fingerprint density at radius 2 is 1.50 bits per heavy atom. The minimum Gasteiger partial charge on any atom is -0.495 e. The van der Waals surface area contributed by atoms with E-state index < -0.39 is 21.8 Å². The summed E-state index contributed by atoms with van der Waals surface area (Å²) >= 11 is 1.12. The molecule has 1 heterocycles. The van der Waals surface area contributed by atoms with Crippen LogP contribution in [0.3, 0.4) is 0 Å². The molecule has 4 aromatic carbocycles. The molecule has 1 aliphatic rings. The Kier molecular flexibility index (Phi) is 8.11. The molecule has 10 heteroatoms. The zero-order valence-electron chi connectivity index (χ0n) is 23.5. The van der Waals surface area contributed by atoms with Crippen molar-refractivity contribution in [3.05, 3.63) is 118 Å². The number of sulfonamides is 1. The first-order chi connectivity index (χ1) is 20.1. The molecule has 0 fully saturated rings. The van der Waals surface area contributed by atoms with E-state index in [0.29, 0.717) is 27.7 Å². The lowest BCUT2D eigenvalue weighted by molar-refractivity contribution is -0.120. The number of rotatable bonds is 9. The fraction of sp³-hybridized carbons (Fsp3) is 0.125. The van der Waals surface area contributed by atoms with Gasteiger partial charge in [0.25, 0.3) is 21.8 Å². The van der Waals surface area contributed by atoms with Crippen molar-refractivity contribution in [1.82, 2.24) is 0 Å². The van der Waals surface area contributed by atoms with Crippen molar-refractivity contribution >= 4 is 50.7 Å². The summed E-state index contributed by atoms with van der Waals surface area (Å²) in [6.07, 6.45) is 0. The maximum atomic E-state index is 13.8. The van der Waals surface area contributed by atoms with Crippen LogP contribution in [-0.2, 0) is 19.6 Å². The first kappa shape index (κ1) is 29.0. The molecule has 0 radical (unpaired) electrons. The van der Waals surface area contributed by atoms with Crippen molar-refractivity contribution in [2.75, 3.05) is 22.0 Å². The Balaban J connectivity index is 1.48. The monoisotopic (exact) mass is 599 g/mol. The Bertz CT molecular complexity index is 1820. The van der Waals surface area contributed by atoms with Gasteiger partial charge in [-0.15, -0.1) is 0 Å². The first-order valence-electron chi connectivity index (χ1n) is 13.0. The molecule has 0 saturated heterocycles. The lowest BCUT2D eigenvalue weighted by Gasteiger charge is -2.17. The maximum absolute atomic E-state index is 13.8. The van der Waals surface area contributed by atoms with E-state index in [-0.39, 0.29) is 15.5 Å². The van der Waals surface area contributed by atoms with Gasteiger partial charge < -0.3 is 10.1 Å². The van der Waals surface area contributed by atoms with Crippen LogP contribution in [0.15, 0.2) is 111 Å². The van der Waals surface area contributed by atoms with Gasteiger partial charge in [0.2, 0.25) is 0 Å². The zero-order chi connectivity index (χ0) is 30.0. The summed E-state index contributed by atoms with van der Waals surface area (Å²) in [5, 5.41) is 3.17. The molecule has 0 spiro atoms. The molecule has 0 aromatic heterocycles. The summed E-state index contributed by atoms with van der Waals surface area (Å²) in [5.74, 6) is -0.421. The number of carbonyl (C=O) groups excluding carboxylic acids is 2. The van der Waals surface area contributed by atoms with Gasteiger partial charge in [-0.05, 0) is 98.1 Å². The number of methoxy groups -OCH3 is 1. The molecule has 0 unspecified atom stereocenters. The van der Waals surface area contributed by atoms with E-state index in [4.69, 9.17) is 4.74 Å². The summed E-state index contributed by atoms with van der Waals surface area (Å²) in [4.78, 5) is 29.8. The van der Waals surface area contributed by atoms with E-state index in [2.05, 4.69) is 10.0 Å². The normalized spacial score (nSPS) is 13.5. The van der Waals surface area contributed by atoms with Crippen LogP contribution in [-0.4, -0.2) is 27.3 Å². The summed E-state index contributed by atoms with van der Waals surface area (Å²) in [6, 6.07) is 25.7. The number of carbonyl (C=O) groups is 2. The molecule has 0 atom stereocenters. The van der Waals surface area contributed by atoms with Gasteiger partial charge in [-0.2, -0.15) is 0 Å². The first-order valence-corrected chi connectivity index (χ1v) is 15.3. The molecular weight excluding hydrogens is 571 g/mol. The third-order valence-corrected chi connectivity index (χ3v) is 9.27. The summed E-state index contributed by atoms with van der Waals surface area (Å²) < 4.78 is 33.5. The van der Waals surface area contributed by atoms with Gasteiger partial charge in [0.1, 0.15) is 16.4 Å². The number of thioether (sulfide) groups is 1. The topological polar surface area (TPSA) is 105 Å². The molecular formula is C32H29N3O5S2. The molecule has 1 aliphatic heterocycles. The van der Waals surface area contributed by atoms with Gasteiger partial charge in [-0.1, -0.05) is 42.1 Å². The Hall–Kier alpha value is -4.54. The van der Waals surface area contributed by atoms with Crippen LogP contribution >= 0.6 is 11.8 Å². The smallest absolute Gasteiger partial charge is 0.283 e. The van der Waals surface area contributed by atoms with Crippen molar-refractivity contribution in [3.63, 3.8) is 0 Å². The van der Waals surface area contributed by atoms with Crippen LogP contribution in [0.1, 0.15) is 16.7 Å². The van der Waals surface area contributed by atoms with E-state index in [1.165, 1.54) is 24.1 Å². The predicted octanol–water partition coefficient (Wildman–Crippen LogP) is 6.41. The average Bonchev–Trinajstić information content (AvgIpc) is 3.20. The lowest BCUT2D eigenvalue weighted by Crippen LogP contribution is -2.32. The van der Waals surface area contributed by atoms with Crippen LogP contribution in [0, 0.1) is 20.8 Å². The van der Waals surface area contributed by atoms with E-state index in [9.17, 15) is 18.0 Å². The van der Waals surface area contributed by atoms with Crippen LogP contribution < -0.4 is 19.7 Å². The number of aryl methyl sites for hydroxylation is 3. The van der Waals surface area contributed by atoms with Crippen molar-refractivity contribution in [1.29, 1.82) is 0 Å². The SMILES string of the molecule is COc1ccc(C)cc1NC1=C(Sc2ccc(NS(=O)(=O)c3ccccc3)cc2)C(=O)N(c2ccc(C)c(C)c2)C1=O. The van der Waals surface area contributed by atoms with Gasteiger partial charge in [-0.3, -0.25) is 14.3 Å². The van der Waals surface area contributed by atoms with Gasteiger partial charge in [0.15, 0.2) is 0 Å². The van der Waals surface area contributed by atoms with Crippen molar-refractivity contribution in [3.8, 4) is 5.75 Å². The highest BCUT2D eigenvalue weighted by Crippen LogP contribution is 2.40. The van der Waals surface area contributed by atoms with Crippen LogP contribution in [0.4, 0.5) is 17.1 Å². The Labute approximate surface area is 249 Å². The van der Waals surface area contributed by atoms with E-state index in [1.807, 2.05) is 45.0 Å². The molecule has 42 heavy (non-hydrogen) atoms. The van der Waals surface area contributed by atoms with Crippen molar-refractivity contribution in [2.24, 2.45) is 0 Å².